The van der Waals surface area contributed by atoms with E-state index in [1.54, 1.807) is 0 Å². The zero-order valence-electron chi connectivity index (χ0n) is 11.5. The summed E-state index contributed by atoms with van der Waals surface area (Å²) in [5.41, 5.74) is 0. The first-order valence-electron chi connectivity index (χ1n) is 6.80. The molecule has 1 unspecified atom stereocenters. The van der Waals surface area contributed by atoms with E-state index in [0.29, 0.717) is 25.0 Å². The first-order valence-corrected chi connectivity index (χ1v) is 6.80. The van der Waals surface area contributed by atoms with Gasteiger partial charge in [0.25, 0.3) is 0 Å². The summed E-state index contributed by atoms with van der Waals surface area (Å²) in [5, 5.41) is 5.88. The van der Waals surface area contributed by atoms with Gasteiger partial charge in [-0.25, -0.2) is 0 Å². The van der Waals surface area contributed by atoms with Crippen molar-refractivity contribution in [1.29, 1.82) is 0 Å². The van der Waals surface area contributed by atoms with Gasteiger partial charge in [-0.05, 0) is 31.8 Å². The molecule has 1 aliphatic heterocycles. The van der Waals surface area contributed by atoms with Gasteiger partial charge in [0.15, 0.2) is 0 Å². The van der Waals surface area contributed by atoms with Crippen molar-refractivity contribution in [2.75, 3.05) is 32.7 Å². The molecule has 0 aliphatic carbocycles. The quantitative estimate of drug-likeness (QED) is 0.510. The van der Waals surface area contributed by atoms with Crippen molar-refractivity contribution in [3.8, 4) is 12.3 Å². The van der Waals surface area contributed by atoms with Crippen LogP contribution in [-0.2, 0) is 4.79 Å². The molecule has 0 bridgehead atoms. The van der Waals surface area contributed by atoms with Crippen molar-refractivity contribution in [2.45, 2.75) is 32.7 Å². The van der Waals surface area contributed by atoms with Gasteiger partial charge in [-0.15, -0.1) is 6.42 Å². The number of carbonyl (C=O) groups is 1. The lowest BCUT2D eigenvalue weighted by atomic mass is 10.0. The number of likely N-dealkylation sites (tertiary alicyclic amines) is 1. The number of hydrogen-bond acceptors (Lipinski definition) is 3. The topological polar surface area (TPSA) is 44.4 Å². The highest BCUT2D eigenvalue weighted by Crippen LogP contribution is 2.16. The van der Waals surface area contributed by atoms with Crippen LogP contribution < -0.4 is 10.6 Å². The average Bonchev–Trinajstić information content (AvgIpc) is 2.83. The van der Waals surface area contributed by atoms with Crippen LogP contribution in [0.25, 0.3) is 0 Å². The highest BCUT2D eigenvalue weighted by atomic mass is 16.1. The van der Waals surface area contributed by atoms with E-state index >= 15 is 0 Å². The normalized spacial score (nSPS) is 17.7. The van der Waals surface area contributed by atoms with Crippen molar-refractivity contribution >= 4 is 5.91 Å². The summed E-state index contributed by atoms with van der Waals surface area (Å²) in [6.45, 7) is 8.22. The lowest BCUT2D eigenvalue weighted by Gasteiger charge is -2.31. The third-order valence-electron chi connectivity index (χ3n) is 3.40. The second kappa shape index (κ2) is 8.12. The van der Waals surface area contributed by atoms with Gasteiger partial charge in [0.2, 0.25) is 5.91 Å². The lowest BCUT2D eigenvalue weighted by Crippen LogP contribution is -2.47. The highest BCUT2D eigenvalue weighted by Gasteiger charge is 2.24. The molecule has 4 nitrogen and oxygen atoms in total. The van der Waals surface area contributed by atoms with Crippen molar-refractivity contribution in [3.05, 3.63) is 0 Å². The van der Waals surface area contributed by atoms with E-state index < -0.39 is 0 Å². The van der Waals surface area contributed by atoms with Crippen molar-refractivity contribution in [2.24, 2.45) is 5.92 Å². The highest BCUT2D eigenvalue weighted by molar-refractivity contribution is 5.78. The molecule has 1 fully saturated rings. The molecular formula is C14H25N3O. The Kier molecular flexibility index (Phi) is 6.77. The van der Waals surface area contributed by atoms with E-state index in [-0.39, 0.29) is 5.91 Å². The molecule has 0 spiro atoms. The number of nitrogens with one attached hydrogen (secondary N) is 2. The molecule has 2 N–H and O–H groups in total. The molecular weight excluding hydrogens is 226 g/mol. The van der Waals surface area contributed by atoms with Crippen LogP contribution in [0.3, 0.4) is 0 Å². The van der Waals surface area contributed by atoms with Gasteiger partial charge >= 0.3 is 0 Å². The Hall–Kier alpha value is -1.05. The van der Waals surface area contributed by atoms with Gasteiger partial charge in [-0.2, -0.15) is 0 Å². The van der Waals surface area contributed by atoms with Crippen LogP contribution in [0.4, 0.5) is 0 Å². The first-order chi connectivity index (χ1) is 8.65. The van der Waals surface area contributed by atoms with E-state index in [1.807, 2.05) is 0 Å². The Morgan fingerprint density at radius 3 is 2.61 bits per heavy atom. The van der Waals surface area contributed by atoms with Crippen LogP contribution in [-0.4, -0.2) is 49.6 Å². The molecule has 0 aromatic heterocycles. The maximum atomic E-state index is 11.6. The zero-order chi connectivity index (χ0) is 13.4. The van der Waals surface area contributed by atoms with Crippen LogP contribution in [0.5, 0.6) is 0 Å². The van der Waals surface area contributed by atoms with E-state index in [2.05, 4.69) is 35.3 Å². The maximum absolute atomic E-state index is 11.6. The Morgan fingerprint density at radius 1 is 1.39 bits per heavy atom. The van der Waals surface area contributed by atoms with Crippen molar-refractivity contribution in [3.63, 3.8) is 0 Å². The Morgan fingerprint density at radius 2 is 2.06 bits per heavy atom. The van der Waals surface area contributed by atoms with Gasteiger partial charge in [0.05, 0.1) is 13.1 Å². The summed E-state index contributed by atoms with van der Waals surface area (Å²) in [4.78, 5) is 14.1. The monoisotopic (exact) mass is 251 g/mol. The molecule has 1 atom stereocenters. The Labute approximate surface area is 110 Å². The minimum atomic E-state index is 0.0232. The Bertz CT molecular complexity index is 290. The standard InChI is InChI=1S/C14H25N3O/c1-4-7-15-11-14(18)16-10-13(12(2)3)17-8-5-6-9-17/h1,12-13,15H,5-11H2,2-3H3,(H,16,18). The van der Waals surface area contributed by atoms with E-state index in [0.717, 1.165) is 19.6 Å². The smallest absolute Gasteiger partial charge is 0.234 e. The minimum absolute atomic E-state index is 0.0232. The molecule has 0 aromatic rings. The summed E-state index contributed by atoms with van der Waals surface area (Å²) >= 11 is 0. The molecule has 1 amide bonds. The molecule has 102 valence electrons. The molecule has 0 radical (unpaired) electrons. The zero-order valence-corrected chi connectivity index (χ0v) is 11.5. The van der Waals surface area contributed by atoms with Crippen LogP contribution in [0.2, 0.25) is 0 Å². The number of rotatable bonds is 7. The molecule has 1 saturated heterocycles. The number of terminal acetylenes is 1. The summed E-state index contributed by atoms with van der Waals surface area (Å²) in [6, 6.07) is 0.448. The second-order valence-electron chi connectivity index (χ2n) is 5.17. The SMILES string of the molecule is C#CCNCC(=O)NCC(C(C)C)N1CCCC1. The van der Waals surface area contributed by atoms with Crippen LogP contribution in [0.1, 0.15) is 26.7 Å². The van der Waals surface area contributed by atoms with Crippen molar-refractivity contribution < 1.29 is 4.79 Å². The van der Waals surface area contributed by atoms with E-state index in [9.17, 15) is 4.79 Å². The first kappa shape index (κ1) is 15.0. The van der Waals surface area contributed by atoms with Gasteiger partial charge in [0, 0.05) is 12.6 Å². The largest absolute Gasteiger partial charge is 0.353 e. The van der Waals surface area contributed by atoms with Gasteiger partial charge in [0.1, 0.15) is 0 Å². The number of carbonyl (C=O) groups excluding carboxylic acids is 1. The Balaban J connectivity index is 2.29. The molecule has 1 rings (SSSR count). The predicted octanol–water partition coefficient (Wildman–Crippen LogP) is 0.446. The van der Waals surface area contributed by atoms with Gasteiger partial charge in [-0.3, -0.25) is 15.0 Å². The fourth-order valence-electron chi connectivity index (χ4n) is 2.39. The van der Waals surface area contributed by atoms with Crippen LogP contribution in [0, 0.1) is 18.3 Å². The molecule has 18 heavy (non-hydrogen) atoms. The van der Waals surface area contributed by atoms with Crippen LogP contribution >= 0.6 is 0 Å². The molecule has 1 aliphatic rings. The summed E-state index contributed by atoms with van der Waals surface area (Å²) in [6.07, 6.45) is 7.67. The molecule has 0 saturated carbocycles. The molecule has 0 aromatic carbocycles. The number of nitrogens with zero attached hydrogens (tertiary/aromatic N) is 1. The van der Waals surface area contributed by atoms with E-state index in [4.69, 9.17) is 6.42 Å². The lowest BCUT2D eigenvalue weighted by molar-refractivity contribution is -0.120. The molecule has 1 heterocycles. The van der Waals surface area contributed by atoms with E-state index in [1.165, 1.54) is 12.8 Å². The second-order valence-corrected chi connectivity index (χ2v) is 5.17. The predicted molar refractivity (Wildman–Crippen MR) is 74.1 cm³/mol. The van der Waals surface area contributed by atoms with Gasteiger partial charge < -0.3 is 5.32 Å². The summed E-state index contributed by atoms with van der Waals surface area (Å²) in [7, 11) is 0. The van der Waals surface area contributed by atoms with Gasteiger partial charge in [-0.1, -0.05) is 19.8 Å². The number of amides is 1. The average molecular weight is 251 g/mol. The fraction of sp³-hybridized carbons (Fsp3) is 0.786. The third-order valence-corrected chi connectivity index (χ3v) is 3.40. The van der Waals surface area contributed by atoms with Crippen LogP contribution in [0.15, 0.2) is 0 Å². The number of hydrogen-bond donors (Lipinski definition) is 2. The minimum Gasteiger partial charge on any atom is -0.353 e. The maximum Gasteiger partial charge on any atom is 0.234 e. The summed E-state index contributed by atoms with van der Waals surface area (Å²) in [5.74, 6) is 3.03. The summed E-state index contributed by atoms with van der Waals surface area (Å²) < 4.78 is 0. The fourth-order valence-corrected chi connectivity index (χ4v) is 2.39. The van der Waals surface area contributed by atoms with Crippen molar-refractivity contribution in [1.82, 2.24) is 15.5 Å². The third kappa shape index (κ3) is 5.07. The molecule has 4 heteroatoms.